The van der Waals surface area contributed by atoms with Crippen LogP contribution in [0, 0.1) is 5.82 Å². The Morgan fingerprint density at radius 2 is 2.04 bits per heavy atom. The standard InChI is InChI=1S/C20H20FN3O2/c1-3-7-26-16-10-15(11-22-12-16)23-20(25)17-8-13-5-6-14(21)9-19(13)24-18(17)4-2/h5-6,8-12H,3-4,7H2,1-2H3,(H,23,25). The van der Waals surface area contributed by atoms with Crippen LogP contribution in [0.3, 0.4) is 0 Å². The molecule has 0 atom stereocenters. The van der Waals surface area contributed by atoms with E-state index in [9.17, 15) is 9.18 Å². The van der Waals surface area contributed by atoms with E-state index in [0.717, 1.165) is 6.42 Å². The third kappa shape index (κ3) is 3.96. The van der Waals surface area contributed by atoms with Crippen molar-refractivity contribution < 1.29 is 13.9 Å². The second kappa shape index (κ2) is 7.91. The number of amides is 1. The third-order valence-electron chi connectivity index (χ3n) is 3.88. The molecule has 0 radical (unpaired) electrons. The molecule has 3 aromatic rings. The van der Waals surface area contributed by atoms with Crippen LogP contribution in [0.4, 0.5) is 10.1 Å². The molecule has 0 unspecified atom stereocenters. The monoisotopic (exact) mass is 353 g/mol. The van der Waals surface area contributed by atoms with Crippen LogP contribution in [0.15, 0.2) is 42.7 Å². The molecule has 0 aliphatic rings. The van der Waals surface area contributed by atoms with Gasteiger partial charge >= 0.3 is 0 Å². The number of nitrogens with one attached hydrogen (secondary N) is 1. The van der Waals surface area contributed by atoms with Gasteiger partial charge in [-0.3, -0.25) is 14.8 Å². The number of nitrogens with zero attached hydrogens (tertiary/aromatic N) is 2. The first-order valence-electron chi connectivity index (χ1n) is 8.59. The highest BCUT2D eigenvalue weighted by Gasteiger charge is 2.14. The maximum atomic E-state index is 13.4. The van der Waals surface area contributed by atoms with Gasteiger partial charge in [0.15, 0.2) is 0 Å². The Kier molecular flexibility index (Phi) is 5.41. The van der Waals surface area contributed by atoms with Crippen molar-refractivity contribution in [3.05, 3.63) is 59.8 Å². The van der Waals surface area contributed by atoms with E-state index in [1.807, 2.05) is 13.8 Å². The summed E-state index contributed by atoms with van der Waals surface area (Å²) < 4.78 is 18.9. The summed E-state index contributed by atoms with van der Waals surface area (Å²) in [5, 5.41) is 3.55. The molecule has 1 aromatic carbocycles. The van der Waals surface area contributed by atoms with Crippen LogP contribution in [0.25, 0.3) is 10.9 Å². The molecule has 2 heterocycles. The first-order valence-corrected chi connectivity index (χ1v) is 8.59. The number of halogens is 1. The van der Waals surface area contributed by atoms with Crippen molar-refractivity contribution >= 4 is 22.5 Å². The normalized spacial score (nSPS) is 10.7. The van der Waals surface area contributed by atoms with Gasteiger partial charge in [0, 0.05) is 17.5 Å². The highest BCUT2D eigenvalue weighted by Crippen LogP contribution is 2.21. The van der Waals surface area contributed by atoms with Gasteiger partial charge in [-0.15, -0.1) is 0 Å². The molecule has 0 aliphatic heterocycles. The molecule has 134 valence electrons. The molecule has 1 N–H and O–H groups in total. The fourth-order valence-corrected chi connectivity index (χ4v) is 2.63. The zero-order valence-electron chi connectivity index (χ0n) is 14.8. The van der Waals surface area contributed by atoms with Gasteiger partial charge in [-0.1, -0.05) is 13.8 Å². The maximum Gasteiger partial charge on any atom is 0.257 e. The minimum atomic E-state index is -0.348. The van der Waals surface area contributed by atoms with Gasteiger partial charge in [0.2, 0.25) is 0 Å². The van der Waals surface area contributed by atoms with Crippen molar-refractivity contribution in [1.82, 2.24) is 9.97 Å². The number of hydrogen-bond acceptors (Lipinski definition) is 4. The number of benzene rings is 1. The van der Waals surface area contributed by atoms with Crippen molar-refractivity contribution in [1.29, 1.82) is 0 Å². The lowest BCUT2D eigenvalue weighted by molar-refractivity contribution is 0.102. The quantitative estimate of drug-likeness (QED) is 0.715. The number of carbonyl (C=O) groups excluding carboxylic acids is 1. The fourth-order valence-electron chi connectivity index (χ4n) is 2.63. The van der Waals surface area contributed by atoms with Gasteiger partial charge in [-0.05, 0) is 31.0 Å². The number of ether oxygens (including phenoxy) is 1. The Morgan fingerprint density at radius 1 is 1.19 bits per heavy atom. The molecule has 1 amide bonds. The average molecular weight is 353 g/mol. The summed E-state index contributed by atoms with van der Waals surface area (Å²) in [7, 11) is 0. The Labute approximate surface area is 151 Å². The minimum absolute atomic E-state index is 0.282. The first-order chi connectivity index (χ1) is 12.6. The summed E-state index contributed by atoms with van der Waals surface area (Å²) in [6, 6.07) is 7.82. The van der Waals surface area contributed by atoms with Gasteiger partial charge < -0.3 is 10.1 Å². The van der Waals surface area contributed by atoms with Gasteiger partial charge in [0.1, 0.15) is 11.6 Å². The number of aryl methyl sites for hydroxylation is 1. The first kappa shape index (κ1) is 17.8. The van der Waals surface area contributed by atoms with E-state index >= 15 is 0 Å². The van der Waals surface area contributed by atoms with Gasteiger partial charge in [-0.25, -0.2) is 4.39 Å². The molecule has 6 heteroatoms. The number of carbonyl (C=O) groups is 1. The van der Waals surface area contributed by atoms with Gasteiger partial charge in [0.25, 0.3) is 5.91 Å². The number of fused-ring (bicyclic) bond motifs is 1. The second-order valence-electron chi connectivity index (χ2n) is 5.89. The van der Waals surface area contributed by atoms with Crippen molar-refractivity contribution in [2.24, 2.45) is 0 Å². The third-order valence-corrected chi connectivity index (χ3v) is 3.88. The SMILES string of the molecule is CCCOc1cncc(NC(=O)c2cc3ccc(F)cc3nc2CC)c1. The predicted molar refractivity (Wildman–Crippen MR) is 99.1 cm³/mol. The molecule has 0 saturated carbocycles. The number of aromatic nitrogens is 2. The average Bonchev–Trinajstić information content (AvgIpc) is 2.65. The highest BCUT2D eigenvalue weighted by atomic mass is 19.1. The zero-order valence-corrected chi connectivity index (χ0v) is 14.8. The van der Waals surface area contributed by atoms with E-state index < -0.39 is 0 Å². The molecule has 0 aliphatic carbocycles. The second-order valence-corrected chi connectivity index (χ2v) is 5.89. The summed E-state index contributed by atoms with van der Waals surface area (Å²) in [5.41, 5.74) is 2.17. The number of hydrogen-bond donors (Lipinski definition) is 1. The lowest BCUT2D eigenvalue weighted by Gasteiger charge is -2.11. The smallest absolute Gasteiger partial charge is 0.257 e. The minimum Gasteiger partial charge on any atom is -0.492 e. The summed E-state index contributed by atoms with van der Waals surface area (Å²) in [5.74, 6) is -0.0262. The van der Waals surface area contributed by atoms with Crippen LogP contribution < -0.4 is 10.1 Å². The summed E-state index contributed by atoms with van der Waals surface area (Å²) >= 11 is 0. The van der Waals surface area contributed by atoms with Crippen LogP contribution in [0.2, 0.25) is 0 Å². The molecular weight excluding hydrogens is 333 g/mol. The Bertz CT molecular complexity index is 943. The fraction of sp³-hybridized carbons (Fsp3) is 0.250. The molecule has 0 spiro atoms. The molecule has 3 rings (SSSR count). The van der Waals surface area contributed by atoms with Crippen molar-refractivity contribution in [3.8, 4) is 5.75 Å². The molecule has 26 heavy (non-hydrogen) atoms. The highest BCUT2D eigenvalue weighted by molar-refractivity contribution is 6.06. The van der Waals surface area contributed by atoms with E-state index in [1.165, 1.54) is 12.1 Å². The van der Waals surface area contributed by atoms with Crippen LogP contribution in [0.1, 0.15) is 36.3 Å². The van der Waals surface area contributed by atoms with Crippen molar-refractivity contribution in [2.75, 3.05) is 11.9 Å². The molecular formula is C20H20FN3O2. The molecule has 0 saturated heterocycles. The lowest BCUT2D eigenvalue weighted by Crippen LogP contribution is -2.15. The van der Waals surface area contributed by atoms with Crippen LogP contribution in [-0.4, -0.2) is 22.5 Å². The van der Waals surface area contributed by atoms with Crippen molar-refractivity contribution in [2.45, 2.75) is 26.7 Å². The molecule has 0 fully saturated rings. The lowest BCUT2D eigenvalue weighted by atomic mass is 10.1. The zero-order chi connectivity index (χ0) is 18.5. The largest absolute Gasteiger partial charge is 0.492 e. The molecule has 0 bridgehead atoms. The van der Waals surface area contributed by atoms with E-state index in [0.29, 0.717) is 46.6 Å². The summed E-state index contributed by atoms with van der Waals surface area (Å²) in [6.45, 7) is 4.51. The summed E-state index contributed by atoms with van der Waals surface area (Å²) in [4.78, 5) is 21.3. The molecule has 2 aromatic heterocycles. The van der Waals surface area contributed by atoms with E-state index in [1.54, 1.807) is 30.6 Å². The number of rotatable bonds is 6. The van der Waals surface area contributed by atoms with Crippen LogP contribution in [0.5, 0.6) is 5.75 Å². The van der Waals surface area contributed by atoms with Gasteiger partial charge in [-0.2, -0.15) is 0 Å². The number of anilines is 1. The van der Waals surface area contributed by atoms with E-state index in [2.05, 4.69) is 15.3 Å². The summed E-state index contributed by atoms with van der Waals surface area (Å²) in [6.07, 6.45) is 4.62. The Hall–Kier alpha value is -3.02. The van der Waals surface area contributed by atoms with E-state index in [4.69, 9.17) is 4.74 Å². The predicted octanol–water partition coefficient (Wildman–Crippen LogP) is 4.37. The Morgan fingerprint density at radius 3 is 2.81 bits per heavy atom. The van der Waals surface area contributed by atoms with E-state index in [-0.39, 0.29) is 11.7 Å². The van der Waals surface area contributed by atoms with Gasteiger partial charge in [0.05, 0.1) is 41.5 Å². The Balaban J connectivity index is 1.88. The van der Waals surface area contributed by atoms with Crippen molar-refractivity contribution in [3.63, 3.8) is 0 Å². The van der Waals surface area contributed by atoms with Crippen LogP contribution in [-0.2, 0) is 6.42 Å². The topological polar surface area (TPSA) is 64.1 Å². The maximum absolute atomic E-state index is 13.4. The molecule has 5 nitrogen and oxygen atoms in total. The van der Waals surface area contributed by atoms with Crippen LogP contribution >= 0.6 is 0 Å². The number of pyridine rings is 2.